The minimum Gasteiger partial charge on any atom is -0.497 e. The van der Waals surface area contributed by atoms with E-state index in [2.05, 4.69) is 10.2 Å². The molecule has 1 unspecified atom stereocenters. The summed E-state index contributed by atoms with van der Waals surface area (Å²) in [6.45, 7) is 7.27. The maximum atomic E-state index is 12.6. The van der Waals surface area contributed by atoms with Crippen LogP contribution >= 0.6 is 11.3 Å². The highest BCUT2D eigenvalue weighted by Crippen LogP contribution is 2.18. The van der Waals surface area contributed by atoms with Gasteiger partial charge in [-0.2, -0.15) is 0 Å². The van der Waals surface area contributed by atoms with Crippen molar-refractivity contribution < 1.29 is 14.3 Å². The second-order valence-electron chi connectivity index (χ2n) is 7.30. The molecule has 3 rings (SSSR count). The van der Waals surface area contributed by atoms with Crippen LogP contribution in [-0.2, 0) is 11.2 Å². The Kier molecular flexibility index (Phi) is 7.28. The van der Waals surface area contributed by atoms with Crippen LogP contribution in [0.4, 0.5) is 0 Å². The van der Waals surface area contributed by atoms with Crippen molar-refractivity contribution in [1.82, 2.24) is 15.1 Å². The number of benzene rings is 1. The van der Waals surface area contributed by atoms with E-state index >= 15 is 0 Å². The molecular formula is C22H29N3O3S. The fraction of sp³-hybridized carbons (Fsp3) is 0.455. The molecule has 2 amide bonds. The zero-order valence-electron chi connectivity index (χ0n) is 17.3. The van der Waals surface area contributed by atoms with Gasteiger partial charge in [-0.15, -0.1) is 11.3 Å². The van der Waals surface area contributed by atoms with Gasteiger partial charge in [-0.25, -0.2) is 0 Å². The predicted molar refractivity (Wildman–Crippen MR) is 116 cm³/mol. The van der Waals surface area contributed by atoms with Crippen molar-refractivity contribution in [2.45, 2.75) is 26.3 Å². The van der Waals surface area contributed by atoms with Crippen LogP contribution in [0.15, 0.2) is 36.4 Å². The molecule has 1 aliphatic rings. The number of carbonyl (C=O) groups is 2. The molecule has 1 aromatic carbocycles. The van der Waals surface area contributed by atoms with E-state index in [1.807, 2.05) is 55.1 Å². The van der Waals surface area contributed by atoms with Crippen LogP contribution in [0.25, 0.3) is 0 Å². The first kappa shape index (κ1) is 21.3. The van der Waals surface area contributed by atoms with Crippen LogP contribution < -0.4 is 10.1 Å². The predicted octanol–water partition coefficient (Wildman–Crippen LogP) is 2.57. The second kappa shape index (κ2) is 9.89. The SMILES string of the molecule is COc1ccc(CCNC(=O)C(C)N2CCN(C(=O)c3ccc(C)s3)CC2)cc1. The Morgan fingerprint density at radius 1 is 1.10 bits per heavy atom. The van der Waals surface area contributed by atoms with Crippen molar-refractivity contribution in [1.29, 1.82) is 0 Å². The molecule has 1 aromatic heterocycles. The molecule has 156 valence electrons. The van der Waals surface area contributed by atoms with Crippen molar-refractivity contribution in [2.24, 2.45) is 0 Å². The molecular weight excluding hydrogens is 386 g/mol. The number of ether oxygens (including phenoxy) is 1. The number of rotatable bonds is 7. The minimum absolute atomic E-state index is 0.0344. The smallest absolute Gasteiger partial charge is 0.264 e. The lowest BCUT2D eigenvalue weighted by molar-refractivity contribution is -0.126. The normalized spacial score (nSPS) is 15.8. The summed E-state index contributed by atoms with van der Waals surface area (Å²) in [5.41, 5.74) is 1.16. The summed E-state index contributed by atoms with van der Waals surface area (Å²) in [7, 11) is 1.65. The number of methoxy groups -OCH3 is 1. The van der Waals surface area contributed by atoms with Gasteiger partial charge in [0.1, 0.15) is 5.75 Å². The van der Waals surface area contributed by atoms with E-state index in [0.29, 0.717) is 32.7 Å². The van der Waals surface area contributed by atoms with E-state index in [4.69, 9.17) is 4.74 Å². The number of hydrogen-bond acceptors (Lipinski definition) is 5. The number of aryl methyl sites for hydroxylation is 1. The van der Waals surface area contributed by atoms with E-state index in [0.717, 1.165) is 27.5 Å². The van der Waals surface area contributed by atoms with Crippen LogP contribution in [0, 0.1) is 6.92 Å². The number of hydrogen-bond donors (Lipinski definition) is 1. The summed E-state index contributed by atoms with van der Waals surface area (Å²) >= 11 is 1.53. The Labute approximate surface area is 176 Å². The first-order chi connectivity index (χ1) is 14.0. The van der Waals surface area contributed by atoms with Crippen LogP contribution in [0.1, 0.15) is 27.0 Å². The van der Waals surface area contributed by atoms with Gasteiger partial charge in [-0.05, 0) is 50.1 Å². The van der Waals surface area contributed by atoms with Crippen LogP contribution in [0.2, 0.25) is 0 Å². The average molecular weight is 416 g/mol. The molecule has 6 nitrogen and oxygen atoms in total. The molecule has 2 heterocycles. The Bertz CT molecular complexity index is 826. The lowest BCUT2D eigenvalue weighted by Crippen LogP contribution is -2.55. The fourth-order valence-corrected chi connectivity index (χ4v) is 4.29. The van der Waals surface area contributed by atoms with Crippen LogP contribution in [-0.4, -0.2) is 67.5 Å². The fourth-order valence-electron chi connectivity index (χ4n) is 3.45. The molecule has 0 saturated carbocycles. The van der Waals surface area contributed by atoms with E-state index in [9.17, 15) is 9.59 Å². The van der Waals surface area contributed by atoms with E-state index in [1.54, 1.807) is 7.11 Å². The standard InChI is InChI=1S/C22H29N3O3S/c1-16-4-9-20(29-16)22(27)25-14-12-24(13-15-25)17(2)21(26)23-11-10-18-5-7-19(28-3)8-6-18/h4-9,17H,10-15H2,1-3H3,(H,23,26). The highest BCUT2D eigenvalue weighted by molar-refractivity contribution is 7.13. The molecule has 1 saturated heterocycles. The molecule has 0 radical (unpaired) electrons. The molecule has 1 atom stereocenters. The number of thiophene rings is 1. The molecule has 0 aliphatic carbocycles. The first-order valence-corrected chi connectivity index (χ1v) is 10.8. The number of carbonyl (C=O) groups excluding carboxylic acids is 2. The maximum absolute atomic E-state index is 12.6. The lowest BCUT2D eigenvalue weighted by Gasteiger charge is -2.37. The summed E-state index contributed by atoms with van der Waals surface area (Å²) in [4.78, 5) is 31.1. The molecule has 29 heavy (non-hydrogen) atoms. The molecule has 2 aromatic rings. The monoisotopic (exact) mass is 415 g/mol. The zero-order chi connectivity index (χ0) is 20.8. The number of nitrogens with zero attached hydrogens (tertiary/aromatic N) is 2. The molecule has 1 fully saturated rings. The summed E-state index contributed by atoms with van der Waals surface area (Å²) < 4.78 is 5.16. The largest absolute Gasteiger partial charge is 0.497 e. The third-order valence-electron chi connectivity index (χ3n) is 5.35. The van der Waals surface area contributed by atoms with Gasteiger partial charge in [0, 0.05) is 37.6 Å². The van der Waals surface area contributed by atoms with Gasteiger partial charge in [-0.3, -0.25) is 14.5 Å². The highest BCUT2D eigenvalue weighted by atomic mass is 32.1. The quantitative estimate of drug-likeness (QED) is 0.755. The second-order valence-corrected chi connectivity index (χ2v) is 8.59. The van der Waals surface area contributed by atoms with Gasteiger partial charge in [0.05, 0.1) is 18.0 Å². The van der Waals surface area contributed by atoms with Gasteiger partial charge in [0.2, 0.25) is 5.91 Å². The average Bonchev–Trinajstić information content (AvgIpc) is 3.19. The minimum atomic E-state index is -0.202. The Morgan fingerprint density at radius 2 is 1.79 bits per heavy atom. The number of nitrogens with one attached hydrogen (secondary N) is 1. The number of amides is 2. The van der Waals surface area contributed by atoms with E-state index in [-0.39, 0.29) is 17.9 Å². The van der Waals surface area contributed by atoms with Crippen LogP contribution in [0.5, 0.6) is 5.75 Å². The van der Waals surface area contributed by atoms with Gasteiger partial charge in [-0.1, -0.05) is 12.1 Å². The van der Waals surface area contributed by atoms with Crippen molar-refractivity contribution in [2.75, 3.05) is 39.8 Å². The van der Waals surface area contributed by atoms with Crippen molar-refractivity contribution in [3.63, 3.8) is 0 Å². The summed E-state index contributed by atoms with van der Waals surface area (Å²) in [6, 6.07) is 11.6. The number of piperazine rings is 1. The molecule has 0 bridgehead atoms. The van der Waals surface area contributed by atoms with Crippen LogP contribution in [0.3, 0.4) is 0 Å². The molecule has 0 spiro atoms. The van der Waals surface area contributed by atoms with Crippen molar-refractivity contribution in [3.05, 3.63) is 51.7 Å². The highest BCUT2D eigenvalue weighted by Gasteiger charge is 2.28. The van der Waals surface area contributed by atoms with E-state index < -0.39 is 0 Å². The van der Waals surface area contributed by atoms with E-state index in [1.165, 1.54) is 11.3 Å². The summed E-state index contributed by atoms with van der Waals surface area (Å²) in [5, 5.41) is 3.03. The first-order valence-electron chi connectivity index (χ1n) is 9.98. The third kappa shape index (κ3) is 5.58. The zero-order valence-corrected chi connectivity index (χ0v) is 18.1. The lowest BCUT2D eigenvalue weighted by atomic mass is 10.1. The summed E-state index contributed by atoms with van der Waals surface area (Å²) in [6.07, 6.45) is 0.783. The van der Waals surface area contributed by atoms with Crippen molar-refractivity contribution in [3.8, 4) is 5.75 Å². The Balaban J connectivity index is 1.41. The molecule has 1 aliphatic heterocycles. The van der Waals surface area contributed by atoms with Gasteiger partial charge in [0.15, 0.2) is 0 Å². The van der Waals surface area contributed by atoms with Gasteiger partial charge in [0.25, 0.3) is 5.91 Å². The van der Waals surface area contributed by atoms with Crippen molar-refractivity contribution >= 4 is 23.2 Å². The maximum Gasteiger partial charge on any atom is 0.264 e. The molecule has 7 heteroatoms. The summed E-state index contributed by atoms with van der Waals surface area (Å²) in [5.74, 6) is 0.963. The Hall–Kier alpha value is -2.38. The topological polar surface area (TPSA) is 61.9 Å². The molecule has 1 N–H and O–H groups in total. The third-order valence-corrected chi connectivity index (χ3v) is 6.34. The van der Waals surface area contributed by atoms with Gasteiger partial charge >= 0.3 is 0 Å². The Morgan fingerprint density at radius 3 is 2.38 bits per heavy atom. The van der Waals surface area contributed by atoms with Gasteiger partial charge < -0.3 is 15.0 Å².